The Bertz CT molecular complexity index is 587. The number of benzene rings is 1. The number of nitrogens with zero attached hydrogens (tertiary/aromatic N) is 2. The van der Waals surface area contributed by atoms with E-state index in [-0.39, 0.29) is 0 Å². The molecule has 0 unspecified atom stereocenters. The maximum atomic E-state index is 8.59. The van der Waals surface area contributed by atoms with Crippen molar-refractivity contribution in [2.24, 2.45) is 0 Å². The zero-order chi connectivity index (χ0) is 13.0. The van der Waals surface area contributed by atoms with Crippen LogP contribution < -0.4 is 11.1 Å². The second kappa shape index (κ2) is 5.52. The van der Waals surface area contributed by atoms with Crippen molar-refractivity contribution < 1.29 is 0 Å². The van der Waals surface area contributed by atoms with E-state index in [0.717, 1.165) is 15.7 Å². The van der Waals surface area contributed by atoms with Crippen LogP contribution in [0.15, 0.2) is 41.0 Å². The zero-order valence-electron chi connectivity index (χ0n) is 9.52. The first-order valence-electron chi connectivity index (χ1n) is 5.33. The number of rotatable bonds is 3. The van der Waals surface area contributed by atoms with Crippen LogP contribution in [0.4, 0.5) is 17.2 Å². The fourth-order valence-electron chi connectivity index (χ4n) is 1.48. The minimum Gasteiger partial charge on any atom is -0.397 e. The number of nitrogens with one attached hydrogen (secondary N) is 1. The van der Waals surface area contributed by atoms with Crippen LogP contribution in [0.5, 0.6) is 0 Å². The molecule has 0 radical (unpaired) electrons. The van der Waals surface area contributed by atoms with Crippen molar-refractivity contribution in [3.8, 4) is 6.07 Å². The van der Waals surface area contributed by atoms with E-state index in [1.807, 2.05) is 24.3 Å². The summed E-state index contributed by atoms with van der Waals surface area (Å²) < 4.78 is 0.809. The number of nitriles is 1. The lowest BCUT2D eigenvalue weighted by atomic mass is 10.1. The van der Waals surface area contributed by atoms with Crippen LogP contribution in [-0.2, 0) is 6.42 Å². The van der Waals surface area contributed by atoms with Crippen molar-refractivity contribution in [2.75, 3.05) is 11.1 Å². The lowest BCUT2D eigenvalue weighted by Crippen LogP contribution is -1.96. The highest BCUT2D eigenvalue weighted by Crippen LogP contribution is 2.25. The molecule has 1 aromatic heterocycles. The van der Waals surface area contributed by atoms with Gasteiger partial charge in [-0.3, -0.25) is 0 Å². The molecule has 0 bridgehead atoms. The first-order chi connectivity index (χ1) is 8.69. The Morgan fingerprint density at radius 2 is 2.06 bits per heavy atom. The first kappa shape index (κ1) is 12.4. The van der Waals surface area contributed by atoms with Gasteiger partial charge in [0.05, 0.1) is 28.8 Å². The molecule has 2 rings (SSSR count). The van der Waals surface area contributed by atoms with Crippen molar-refractivity contribution in [3.63, 3.8) is 0 Å². The summed E-state index contributed by atoms with van der Waals surface area (Å²) in [5.41, 5.74) is 8.14. The van der Waals surface area contributed by atoms with Crippen LogP contribution in [0.25, 0.3) is 0 Å². The van der Waals surface area contributed by atoms with Crippen LogP contribution in [0.2, 0.25) is 0 Å². The second-order valence-corrected chi connectivity index (χ2v) is 4.61. The molecule has 0 amide bonds. The van der Waals surface area contributed by atoms with Gasteiger partial charge in [-0.15, -0.1) is 0 Å². The molecule has 18 heavy (non-hydrogen) atoms. The van der Waals surface area contributed by atoms with E-state index in [4.69, 9.17) is 11.0 Å². The average molecular weight is 303 g/mol. The van der Waals surface area contributed by atoms with Gasteiger partial charge >= 0.3 is 0 Å². The molecule has 3 N–H and O–H groups in total. The highest BCUT2D eigenvalue weighted by molar-refractivity contribution is 9.10. The summed E-state index contributed by atoms with van der Waals surface area (Å²) in [5.74, 6) is 0.706. The zero-order valence-corrected chi connectivity index (χ0v) is 11.1. The molecule has 90 valence electrons. The molecule has 4 nitrogen and oxygen atoms in total. The average Bonchev–Trinajstić information content (AvgIpc) is 2.35. The summed E-state index contributed by atoms with van der Waals surface area (Å²) in [4.78, 5) is 4.20. The van der Waals surface area contributed by atoms with Crippen LogP contribution in [0.3, 0.4) is 0 Å². The normalized spacial score (nSPS) is 9.78. The lowest BCUT2D eigenvalue weighted by Gasteiger charge is -2.08. The van der Waals surface area contributed by atoms with Gasteiger partial charge in [-0.1, -0.05) is 12.1 Å². The third kappa shape index (κ3) is 2.99. The van der Waals surface area contributed by atoms with Gasteiger partial charge < -0.3 is 11.1 Å². The molecule has 2 aromatic rings. The fraction of sp³-hybridized carbons (Fsp3) is 0.0769. The molecule has 0 aliphatic carbocycles. The summed E-state index contributed by atoms with van der Waals surface area (Å²) in [6, 6.07) is 11.6. The van der Waals surface area contributed by atoms with E-state index in [1.54, 1.807) is 12.3 Å². The molecule has 5 heteroatoms. The molecule has 0 saturated carbocycles. The highest BCUT2D eigenvalue weighted by Gasteiger charge is 2.02. The van der Waals surface area contributed by atoms with Crippen LogP contribution in [0, 0.1) is 11.3 Å². The van der Waals surface area contributed by atoms with Gasteiger partial charge in [0.2, 0.25) is 0 Å². The predicted octanol–water partition coefficient (Wildman–Crippen LogP) is 3.24. The van der Waals surface area contributed by atoms with E-state index in [0.29, 0.717) is 17.9 Å². The number of hydrogen-bond donors (Lipinski definition) is 2. The monoisotopic (exact) mass is 302 g/mol. The van der Waals surface area contributed by atoms with E-state index < -0.39 is 0 Å². The molecule has 1 aromatic carbocycles. The van der Waals surface area contributed by atoms with Gasteiger partial charge in [0.25, 0.3) is 0 Å². The van der Waals surface area contributed by atoms with Crippen molar-refractivity contribution in [1.29, 1.82) is 5.26 Å². The second-order valence-electron chi connectivity index (χ2n) is 3.76. The Morgan fingerprint density at radius 1 is 1.33 bits per heavy atom. The van der Waals surface area contributed by atoms with Crippen molar-refractivity contribution in [2.45, 2.75) is 6.42 Å². The summed E-state index contributed by atoms with van der Waals surface area (Å²) >= 11 is 3.40. The minimum atomic E-state index is 0.421. The van der Waals surface area contributed by atoms with Gasteiger partial charge in [0, 0.05) is 5.69 Å². The third-order valence-electron chi connectivity index (χ3n) is 2.36. The van der Waals surface area contributed by atoms with Gasteiger partial charge in [-0.05, 0) is 39.7 Å². The molecule has 0 fully saturated rings. The molecular weight excluding hydrogens is 292 g/mol. The number of halogens is 1. The minimum absolute atomic E-state index is 0.421. The third-order valence-corrected chi connectivity index (χ3v) is 2.97. The van der Waals surface area contributed by atoms with Gasteiger partial charge in [-0.2, -0.15) is 5.26 Å². The summed E-state index contributed by atoms with van der Waals surface area (Å²) in [6.07, 6.45) is 2.02. The number of hydrogen-bond acceptors (Lipinski definition) is 4. The molecular formula is C13H11BrN4. The fourth-order valence-corrected chi connectivity index (χ4v) is 1.94. The number of aromatic nitrogens is 1. The van der Waals surface area contributed by atoms with E-state index >= 15 is 0 Å². The SMILES string of the molecule is N#CCc1ccc(Nc2ncc(N)cc2Br)cc1. The Kier molecular flexibility index (Phi) is 3.80. The van der Waals surface area contributed by atoms with Crippen molar-refractivity contribution >= 4 is 33.1 Å². The number of pyridine rings is 1. The Morgan fingerprint density at radius 3 is 2.67 bits per heavy atom. The maximum Gasteiger partial charge on any atom is 0.144 e. The molecule has 1 heterocycles. The van der Waals surface area contributed by atoms with Gasteiger partial charge in [0.1, 0.15) is 5.82 Å². The van der Waals surface area contributed by atoms with Gasteiger partial charge in [0.15, 0.2) is 0 Å². The molecule has 0 aliphatic heterocycles. The largest absolute Gasteiger partial charge is 0.397 e. The smallest absolute Gasteiger partial charge is 0.144 e. The van der Waals surface area contributed by atoms with E-state index in [9.17, 15) is 0 Å². The van der Waals surface area contributed by atoms with Crippen molar-refractivity contribution in [1.82, 2.24) is 4.98 Å². The number of anilines is 3. The summed E-state index contributed by atoms with van der Waals surface area (Å²) in [7, 11) is 0. The van der Waals surface area contributed by atoms with Crippen LogP contribution in [-0.4, -0.2) is 4.98 Å². The van der Waals surface area contributed by atoms with E-state index in [2.05, 4.69) is 32.3 Å². The Balaban J connectivity index is 2.16. The Labute approximate surface area is 114 Å². The lowest BCUT2D eigenvalue weighted by molar-refractivity contribution is 1.25. The van der Waals surface area contributed by atoms with E-state index in [1.165, 1.54) is 0 Å². The standard InChI is InChI=1S/C13H11BrN4/c14-12-7-10(16)8-17-13(12)18-11-3-1-9(2-4-11)5-6-15/h1-4,7-8H,5,16H2,(H,17,18). The molecule has 0 spiro atoms. The van der Waals surface area contributed by atoms with Crippen molar-refractivity contribution in [3.05, 3.63) is 46.6 Å². The predicted molar refractivity (Wildman–Crippen MR) is 75.4 cm³/mol. The molecule has 0 atom stereocenters. The summed E-state index contributed by atoms with van der Waals surface area (Å²) in [6.45, 7) is 0. The number of nitrogens with two attached hydrogens (primary N) is 1. The molecule has 0 saturated heterocycles. The first-order valence-corrected chi connectivity index (χ1v) is 6.12. The quantitative estimate of drug-likeness (QED) is 0.913. The number of nitrogen functional groups attached to an aromatic ring is 1. The Hall–Kier alpha value is -2.06. The topological polar surface area (TPSA) is 74.7 Å². The highest BCUT2D eigenvalue weighted by atomic mass is 79.9. The maximum absolute atomic E-state index is 8.59. The van der Waals surface area contributed by atoms with Crippen LogP contribution in [0.1, 0.15) is 5.56 Å². The van der Waals surface area contributed by atoms with Crippen LogP contribution >= 0.6 is 15.9 Å². The van der Waals surface area contributed by atoms with Gasteiger partial charge in [-0.25, -0.2) is 4.98 Å². The molecule has 0 aliphatic rings. The summed E-state index contributed by atoms with van der Waals surface area (Å²) in [5, 5.41) is 11.8.